The molecule has 0 aliphatic rings. The summed E-state index contributed by atoms with van der Waals surface area (Å²) in [5.41, 5.74) is 4.93. The van der Waals surface area contributed by atoms with Crippen LogP contribution in [0.25, 0.3) is 0 Å². The molecule has 1 aromatic carbocycles. The third kappa shape index (κ3) is 4.47. The Bertz CT molecular complexity index is 565. The average Bonchev–Trinajstić information content (AvgIpc) is 2.42. The van der Waals surface area contributed by atoms with Crippen molar-refractivity contribution in [1.29, 1.82) is 5.41 Å². The van der Waals surface area contributed by atoms with Crippen molar-refractivity contribution in [2.24, 2.45) is 10.8 Å². The molecule has 0 spiro atoms. The summed E-state index contributed by atoms with van der Waals surface area (Å²) in [5, 5.41) is 30.4. The van der Waals surface area contributed by atoms with Crippen LogP contribution >= 0.6 is 12.4 Å². The van der Waals surface area contributed by atoms with Gasteiger partial charge in [-0.2, -0.15) is 5.10 Å². The molecule has 0 fully saturated rings. The van der Waals surface area contributed by atoms with Gasteiger partial charge in [-0.15, -0.1) is 17.6 Å². The van der Waals surface area contributed by atoms with Gasteiger partial charge in [0.15, 0.2) is 11.5 Å². The van der Waals surface area contributed by atoms with Crippen molar-refractivity contribution in [3.63, 3.8) is 0 Å². The Morgan fingerprint density at radius 1 is 1.52 bits per heavy atom. The first-order valence-electron chi connectivity index (χ1n) is 5.18. The van der Waals surface area contributed by atoms with Crippen LogP contribution in [0.2, 0.25) is 0 Å². The number of nitrogens with one attached hydrogen (secondary N) is 1. The molecular formula is C10H14ClN5O5. The van der Waals surface area contributed by atoms with E-state index >= 15 is 0 Å². The van der Waals surface area contributed by atoms with Gasteiger partial charge in [-0.3, -0.25) is 20.7 Å². The number of guanidine groups is 1. The van der Waals surface area contributed by atoms with Gasteiger partial charge in [-0.1, -0.05) is 0 Å². The molecule has 1 aromatic rings. The van der Waals surface area contributed by atoms with Crippen LogP contribution in [0.4, 0.5) is 5.69 Å². The molecule has 0 radical (unpaired) electrons. The molecule has 11 heteroatoms. The fourth-order valence-corrected chi connectivity index (χ4v) is 1.36. The zero-order valence-electron chi connectivity index (χ0n) is 11.1. The summed E-state index contributed by atoms with van der Waals surface area (Å²) >= 11 is 0. The van der Waals surface area contributed by atoms with E-state index < -0.39 is 10.9 Å². The molecule has 0 bridgehead atoms. The van der Waals surface area contributed by atoms with E-state index in [-0.39, 0.29) is 40.3 Å². The van der Waals surface area contributed by atoms with Crippen molar-refractivity contribution >= 4 is 30.3 Å². The number of ether oxygens (including phenoxy) is 2. The Morgan fingerprint density at radius 2 is 2.14 bits per heavy atom. The minimum absolute atomic E-state index is 0. The Balaban J connectivity index is 0.00000400. The van der Waals surface area contributed by atoms with E-state index in [9.17, 15) is 10.1 Å². The number of hydrogen-bond donors (Lipinski definition) is 3. The van der Waals surface area contributed by atoms with E-state index in [1.54, 1.807) is 0 Å². The van der Waals surface area contributed by atoms with Gasteiger partial charge in [0.25, 0.3) is 5.69 Å². The number of non-ortho nitro benzene ring substituents is 1. The first-order chi connectivity index (χ1) is 9.40. The minimum atomic E-state index is -0.711. The van der Waals surface area contributed by atoms with Gasteiger partial charge >= 0.3 is 0 Å². The second kappa shape index (κ2) is 7.87. The predicted molar refractivity (Wildman–Crippen MR) is 76.6 cm³/mol. The normalized spacial score (nSPS) is 9.86. The lowest BCUT2D eigenvalue weighted by Crippen LogP contribution is -2.28. The Labute approximate surface area is 125 Å². The summed E-state index contributed by atoms with van der Waals surface area (Å²) in [6, 6.07) is 2.37. The number of nitrogens with two attached hydrogens (primary N) is 1. The van der Waals surface area contributed by atoms with Gasteiger partial charge in [0.05, 0.1) is 31.4 Å². The van der Waals surface area contributed by atoms with Gasteiger partial charge in [-0.25, -0.2) is 0 Å². The maximum atomic E-state index is 10.8. The fourth-order valence-electron chi connectivity index (χ4n) is 1.36. The third-order valence-electron chi connectivity index (χ3n) is 2.22. The van der Waals surface area contributed by atoms with Crippen LogP contribution in [-0.2, 0) is 0 Å². The minimum Gasteiger partial charge on any atom is -0.493 e. The second-order valence-corrected chi connectivity index (χ2v) is 3.45. The summed E-state index contributed by atoms with van der Waals surface area (Å²) in [6.45, 7) is 0. The number of hydrogen-bond acceptors (Lipinski definition) is 7. The average molecular weight is 320 g/mol. The van der Waals surface area contributed by atoms with E-state index in [0.29, 0.717) is 0 Å². The molecule has 0 heterocycles. The zero-order chi connectivity index (χ0) is 15.3. The molecule has 4 N–H and O–H groups in total. The Morgan fingerprint density at radius 3 is 2.57 bits per heavy atom. The Hall–Kier alpha value is -2.59. The van der Waals surface area contributed by atoms with Gasteiger partial charge in [0.2, 0.25) is 5.96 Å². The number of nitro groups is 1. The number of hydroxylamine groups is 1. The maximum absolute atomic E-state index is 10.8. The molecule has 1 rings (SSSR count). The fraction of sp³-hybridized carbons (Fsp3) is 0.200. The van der Waals surface area contributed by atoms with Crippen molar-refractivity contribution in [3.05, 3.63) is 27.8 Å². The highest BCUT2D eigenvalue weighted by Gasteiger charge is 2.17. The summed E-state index contributed by atoms with van der Waals surface area (Å²) in [7, 11) is 2.68. The molecule has 0 aromatic heterocycles. The second-order valence-electron chi connectivity index (χ2n) is 3.45. The van der Waals surface area contributed by atoms with Crippen LogP contribution in [0.1, 0.15) is 5.56 Å². The molecule has 0 amide bonds. The monoisotopic (exact) mass is 319 g/mol. The van der Waals surface area contributed by atoms with Gasteiger partial charge in [-0.05, 0) is 0 Å². The summed E-state index contributed by atoms with van der Waals surface area (Å²) in [6.07, 6.45) is 1.05. The topological polar surface area (TPSA) is 147 Å². The van der Waals surface area contributed by atoms with Crippen molar-refractivity contribution in [3.8, 4) is 11.5 Å². The molecule has 0 atom stereocenters. The van der Waals surface area contributed by atoms with Crippen LogP contribution in [0.3, 0.4) is 0 Å². The SMILES string of the molecule is COc1cc([N+](=O)[O-])cc(C=NN(O)C(=N)N)c1OC.Cl. The van der Waals surface area contributed by atoms with Gasteiger partial charge < -0.3 is 15.2 Å². The standard InChI is InChI=1S/C10H13N5O5.ClH/c1-19-8-4-7(15(17)18)3-6(9(8)20-2)5-13-14(16)10(11)12;/h3-5,16H,1-2H3,(H3,11,12);1H. The number of halogens is 1. The van der Waals surface area contributed by atoms with Gasteiger partial charge in [0.1, 0.15) is 0 Å². The van der Waals surface area contributed by atoms with Crippen LogP contribution in [0.15, 0.2) is 17.2 Å². The highest BCUT2D eigenvalue weighted by Crippen LogP contribution is 2.34. The van der Waals surface area contributed by atoms with E-state index in [1.807, 2.05) is 0 Å². The summed E-state index contributed by atoms with van der Waals surface area (Å²) in [5.74, 6) is -0.383. The summed E-state index contributed by atoms with van der Waals surface area (Å²) in [4.78, 5) is 10.2. The highest BCUT2D eigenvalue weighted by atomic mass is 35.5. The number of methoxy groups -OCH3 is 2. The quantitative estimate of drug-likeness (QED) is 0.317. The van der Waals surface area contributed by atoms with E-state index in [2.05, 4.69) is 5.10 Å². The lowest BCUT2D eigenvalue weighted by Gasteiger charge is -2.11. The molecule has 0 unspecified atom stereocenters. The number of nitrogens with zero attached hydrogens (tertiary/aromatic N) is 3. The van der Waals surface area contributed by atoms with Crippen LogP contribution < -0.4 is 15.2 Å². The number of nitro benzene ring substituents is 1. The van der Waals surface area contributed by atoms with Crippen LogP contribution in [0.5, 0.6) is 11.5 Å². The molecule has 0 saturated carbocycles. The largest absolute Gasteiger partial charge is 0.493 e. The number of rotatable bonds is 5. The molecule has 116 valence electrons. The van der Waals surface area contributed by atoms with E-state index in [1.165, 1.54) is 26.4 Å². The van der Waals surface area contributed by atoms with Crippen molar-refractivity contribution < 1.29 is 19.6 Å². The molecule has 10 nitrogen and oxygen atoms in total. The first kappa shape index (κ1) is 18.4. The Kier molecular flexibility index (Phi) is 6.90. The maximum Gasteiger partial charge on any atom is 0.274 e. The molecule has 0 aliphatic carbocycles. The molecular weight excluding hydrogens is 306 g/mol. The summed E-state index contributed by atoms with van der Waals surface area (Å²) < 4.78 is 10.1. The molecule has 0 saturated heterocycles. The predicted octanol–water partition coefficient (Wildman–Crippen LogP) is 0.952. The van der Waals surface area contributed by atoms with E-state index in [4.69, 9.17) is 25.8 Å². The van der Waals surface area contributed by atoms with Crippen molar-refractivity contribution in [1.82, 2.24) is 5.17 Å². The van der Waals surface area contributed by atoms with Crippen LogP contribution in [0, 0.1) is 15.5 Å². The number of hydrazone groups is 1. The van der Waals surface area contributed by atoms with Crippen molar-refractivity contribution in [2.75, 3.05) is 14.2 Å². The van der Waals surface area contributed by atoms with Crippen molar-refractivity contribution in [2.45, 2.75) is 0 Å². The third-order valence-corrected chi connectivity index (χ3v) is 2.22. The van der Waals surface area contributed by atoms with Gasteiger partial charge in [0, 0.05) is 11.6 Å². The van der Waals surface area contributed by atoms with E-state index in [0.717, 1.165) is 6.21 Å². The number of benzene rings is 1. The lowest BCUT2D eigenvalue weighted by molar-refractivity contribution is -0.385. The molecule has 21 heavy (non-hydrogen) atoms. The zero-order valence-corrected chi connectivity index (χ0v) is 12.0. The molecule has 0 aliphatic heterocycles. The smallest absolute Gasteiger partial charge is 0.274 e. The highest BCUT2D eigenvalue weighted by molar-refractivity contribution is 5.87. The van der Waals surface area contributed by atoms with Crippen LogP contribution in [-0.4, -0.2) is 41.7 Å². The first-order valence-corrected chi connectivity index (χ1v) is 5.18. The lowest BCUT2D eigenvalue weighted by atomic mass is 10.1.